The summed E-state index contributed by atoms with van der Waals surface area (Å²) in [5.41, 5.74) is 0. The van der Waals surface area contributed by atoms with Gasteiger partial charge in [0.2, 0.25) is 0 Å². The van der Waals surface area contributed by atoms with Crippen molar-refractivity contribution in [2.75, 3.05) is 13.2 Å². The van der Waals surface area contributed by atoms with Gasteiger partial charge in [-0.3, -0.25) is 4.79 Å². The van der Waals surface area contributed by atoms with Gasteiger partial charge in [-0.1, -0.05) is 0 Å². The first-order valence-electron chi connectivity index (χ1n) is 5.18. The van der Waals surface area contributed by atoms with Crippen molar-refractivity contribution in [2.45, 2.75) is 38.8 Å². The standard InChI is InChI=1S/C10H19NO3/c1-7(11-8(2)10(12)13)9-3-5-14-6-4-9/h7-9,11H,3-6H2,1-2H3,(H,12,13). The minimum Gasteiger partial charge on any atom is -0.480 e. The lowest BCUT2D eigenvalue weighted by molar-refractivity contribution is -0.139. The van der Waals surface area contributed by atoms with E-state index in [9.17, 15) is 4.79 Å². The van der Waals surface area contributed by atoms with E-state index in [4.69, 9.17) is 9.84 Å². The number of rotatable bonds is 4. The highest BCUT2D eigenvalue weighted by Crippen LogP contribution is 2.18. The lowest BCUT2D eigenvalue weighted by Gasteiger charge is -2.29. The predicted molar refractivity (Wildman–Crippen MR) is 53.2 cm³/mol. The van der Waals surface area contributed by atoms with E-state index in [1.165, 1.54) is 0 Å². The molecule has 0 spiro atoms. The molecule has 0 bridgehead atoms. The Morgan fingerprint density at radius 3 is 2.50 bits per heavy atom. The van der Waals surface area contributed by atoms with Crippen LogP contribution in [0.1, 0.15) is 26.7 Å². The fourth-order valence-electron chi connectivity index (χ4n) is 1.82. The summed E-state index contributed by atoms with van der Waals surface area (Å²) in [6.45, 7) is 5.34. The second kappa shape index (κ2) is 5.32. The van der Waals surface area contributed by atoms with Gasteiger partial charge in [0.05, 0.1) is 0 Å². The molecule has 0 aromatic carbocycles. The molecule has 1 heterocycles. The van der Waals surface area contributed by atoms with Crippen molar-refractivity contribution in [3.05, 3.63) is 0 Å². The average molecular weight is 201 g/mol. The molecule has 0 aromatic heterocycles. The summed E-state index contributed by atoms with van der Waals surface area (Å²) < 4.78 is 5.26. The molecule has 0 aliphatic carbocycles. The summed E-state index contributed by atoms with van der Waals surface area (Å²) in [6, 6.07) is -0.210. The van der Waals surface area contributed by atoms with Crippen LogP contribution >= 0.6 is 0 Å². The molecule has 0 amide bonds. The van der Waals surface area contributed by atoms with Crippen molar-refractivity contribution < 1.29 is 14.6 Å². The van der Waals surface area contributed by atoms with E-state index < -0.39 is 12.0 Å². The molecule has 4 nitrogen and oxygen atoms in total. The van der Waals surface area contributed by atoms with Crippen LogP contribution in [0.15, 0.2) is 0 Å². The van der Waals surface area contributed by atoms with E-state index in [1.807, 2.05) is 0 Å². The van der Waals surface area contributed by atoms with Crippen LogP contribution in [0, 0.1) is 5.92 Å². The molecule has 2 N–H and O–H groups in total. The lowest BCUT2D eigenvalue weighted by atomic mass is 9.92. The smallest absolute Gasteiger partial charge is 0.320 e. The first-order chi connectivity index (χ1) is 6.61. The van der Waals surface area contributed by atoms with Crippen LogP contribution in [0.3, 0.4) is 0 Å². The second-order valence-corrected chi connectivity index (χ2v) is 3.97. The lowest BCUT2D eigenvalue weighted by Crippen LogP contribution is -2.44. The second-order valence-electron chi connectivity index (χ2n) is 3.97. The highest BCUT2D eigenvalue weighted by atomic mass is 16.5. The molecule has 4 heteroatoms. The minimum atomic E-state index is -0.788. The molecule has 2 atom stereocenters. The Hall–Kier alpha value is -0.610. The number of carbonyl (C=O) groups is 1. The van der Waals surface area contributed by atoms with Crippen LogP contribution < -0.4 is 5.32 Å². The molecular formula is C10H19NO3. The SMILES string of the molecule is CC(NC(C)C1CCOCC1)C(=O)O. The fourth-order valence-corrected chi connectivity index (χ4v) is 1.82. The zero-order valence-corrected chi connectivity index (χ0v) is 8.82. The maximum Gasteiger partial charge on any atom is 0.320 e. The Morgan fingerprint density at radius 1 is 1.43 bits per heavy atom. The summed E-state index contributed by atoms with van der Waals surface area (Å²) >= 11 is 0. The van der Waals surface area contributed by atoms with Gasteiger partial charge in [-0.2, -0.15) is 0 Å². The molecule has 82 valence electrons. The van der Waals surface area contributed by atoms with E-state index in [2.05, 4.69) is 12.2 Å². The van der Waals surface area contributed by atoms with E-state index in [-0.39, 0.29) is 6.04 Å². The number of carboxylic acids is 1. The first-order valence-corrected chi connectivity index (χ1v) is 5.18. The van der Waals surface area contributed by atoms with Gasteiger partial charge in [0.1, 0.15) is 6.04 Å². The Morgan fingerprint density at radius 2 is 2.00 bits per heavy atom. The highest BCUT2D eigenvalue weighted by Gasteiger charge is 2.23. The largest absolute Gasteiger partial charge is 0.480 e. The number of aliphatic carboxylic acids is 1. The Bertz CT molecular complexity index is 190. The summed E-state index contributed by atoms with van der Waals surface area (Å²) in [4.78, 5) is 10.6. The van der Waals surface area contributed by atoms with E-state index in [0.717, 1.165) is 26.1 Å². The minimum absolute atomic E-state index is 0.255. The van der Waals surface area contributed by atoms with Crippen molar-refractivity contribution in [1.82, 2.24) is 5.32 Å². The topological polar surface area (TPSA) is 58.6 Å². The van der Waals surface area contributed by atoms with Gasteiger partial charge >= 0.3 is 5.97 Å². The number of carboxylic acid groups (broad SMARTS) is 1. The van der Waals surface area contributed by atoms with Gasteiger partial charge in [0.15, 0.2) is 0 Å². The van der Waals surface area contributed by atoms with Crippen LogP contribution in [-0.4, -0.2) is 36.4 Å². The normalized spacial score (nSPS) is 23.0. The average Bonchev–Trinajstić information content (AvgIpc) is 2.19. The maximum atomic E-state index is 10.6. The molecule has 2 unspecified atom stereocenters. The maximum absolute atomic E-state index is 10.6. The van der Waals surface area contributed by atoms with Crippen LogP contribution in [-0.2, 0) is 9.53 Å². The molecule has 1 saturated heterocycles. The molecule has 0 saturated carbocycles. The van der Waals surface area contributed by atoms with Crippen molar-refractivity contribution in [3.8, 4) is 0 Å². The van der Waals surface area contributed by atoms with Crippen molar-refractivity contribution in [2.24, 2.45) is 5.92 Å². The van der Waals surface area contributed by atoms with E-state index >= 15 is 0 Å². The van der Waals surface area contributed by atoms with Gasteiger partial charge in [-0.25, -0.2) is 0 Å². The molecule has 0 aromatic rings. The summed E-state index contributed by atoms with van der Waals surface area (Å²) in [7, 11) is 0. The summed E-state index contributed by atoms with van der Waals surface area (Å²) in [5, 5.41) is 11.8. The highest BCUT2D eigenvalue weighted by molar-refractivity contribution is 5.72. The van der Waals surface area contributed by atoms with Gasteiger partial charge < -0.3 is 15.2 Å². The van der Waals surface area contributed by atoms with Crippen molar-refractivity contribution in [3.63, 3.8) is 0 Å². The van der Waals surface area contributed by atoms with Crippen LogP contribution in [0.5, 0.6) is 0 Å². The van der Waals surface area contributed by atoms with Gasteiger partial charge in [0, 0.05) is 19.3 Å². The molecule has 0 radical (unpaired) electrons. The molecule has 14 heavy (non-hydrogen) atoms. The third-order valence-corrected chi connectivity index (χ3v) is 2.86. The van der Waals surface area contributed by atoms with Crippen LogP contribution in [0.25, 0.3) is 0 Å². The van der Waals surface area contributed by atoms with E-state index in [0.29, 0.717) is 5.92 Å². The molecular weight excluding hydrogens is 182 g/mol. The van der Waals surface area contributed by atoms with Crippen molar-refractivity contribution >= 4 is 5.97 Å². The zero-order valence-electron chi connectivity index (χ0n) is 8.82. The molecule has 1 aliphatic rings. The fraction of sp³-hybridized carbons (Fsp3) is 0.900. The zero-order chi connectivity index (χ0) is 10.6. The van der Waals surface area contributed by atoms with Gasteiger partial charge in [-0.15, -0.1) is 0 Å². The number of ether oxygens (including phenoxy) is 1. The van der Waals surface area contributed by atoms with E-state index in [1.54, 1.807) is 6.92 Å². The Labute approximate surface area is 84.6 Å². The number of hydrogen-bond acceptors (Lipinski definition) is 3. The molecule has 1 aliphatic heterocycles. The van der Waals surface area contributed by atoms with Gasteiger partial charge in [-0.05, 0) is 32.6 Å². The first kappa shape index (κ1) is 11.5. The van der Waals surface area contributed by atoms with Gasteiger partial charge in [0.25, 0.3) is 0 Å². The number of hydrogen-bond donors (Lipinski definition) is 2. The third kappa shape index (κ3) is 3.27. The monoisotopic (exact) mass is 201 g/mol. The summed E-state index contributed by atoms with van der Waals surface area (Å²) in [6.07, 6.45) is 2.06. The quantitative estimate of drug-likeness (QED) is 0.708. The third-order valence-electron chi connectivity index (χ3n) is 2.86. The molecule has 1 rings (SSSR count). The molecule has 1 fully saturated rings. The van der Waals surface area contributed by atoms with Crippen LogP contribution in [0.2, 0.25) is 0 Å². The van der Waals surface area contributed by atoms with Crippen LogP contribution in [0.4, 0.5) is 0 Å². The Kier molecular flexibility index (Phi) is 4.35. The Balaban J connectivity index is 2.32. The summed E-state index contributed by atoms with van der Waals surface area (Å²) in [5.74, 6) is -0.241. The van der Waals surface area contributed by atoms with Crippen molar-refractivity contribution in [1.29, 1.82) is 0 Å². The predicted octanol–water partition coefficient (Wildman–Crippen LogP) is 0.864. The number of nitrogens with one attached hydrogen (secondary N) is 1.